The van der Waals surface area contributed by atoms with Gasteiger partial charge in [0.05, 0.1) is 17.9 Å². The van der Waals surface area contributed by atoms with Gasteiger partial charge < -0.3 is 20.3 Å². The fraction of sp³-hybridized carbons (Fsp3) is 0.421. The highest BCUT2D eigenvalue weighted by Crippen LogP contribution is 2.32. The Labute approximate surface area is 166 Å². The molecule has 2 aromatic rings. The minimum absolute atomic E-state index is 0.134. The van der Waals surface area contributed by atoms with Crippen LogP contribution in [0.5, 0.6) is 0 Å². The molecule has 1 fully saturated rings. The summed E-state index contributed by atoms with van der Waals surface area (Å²) in [6.07, 6.45) is 2.25. The number of nitrogens with zero attached hydrogens (tertiary/aromatic N) is 2. The number of nitrogens with one attached hydrogen (secondary N) is 2. The molecule has 3 N–H and O–H groups in total. The van der Waals surface area contributed by atoms with E-state index in [9.17, 15) is 9.59 Å². The van der Waals surface area contributed by atoms with Gasteiger partial charge in [0.1, 0.15) is 11.9 Å². The molecule has 8 heteroatoms. The maximum atomic E-state index is 13.0. The van der Waals surface area contributed by atoms with Gasteiger partial charge in [-0.1, -0.05) is 41.9 Å². The molecule has 1 saturated heterocycles. The number of aromatic nitrogens is 2. The number of rotatable bonds is 5. The number of H-pyrrole nitrogens is 1. The van der Waals surface area contributed by atoms with Gasteiger partial charge in [0.25, 0.3) is 0 Å². The van der Waals surface area contributed by atoms with Gasteiger partial charge in [-0.05, 0) is 36.5 Å². The molecule has 0 saturated carbocycles. The van der Waals surface area contributed by atoms with Gasteiger partial charge in [-0.15, -0.1) is 0 Å². The van der Waals surface area contributed by atoms with Gasteiger partial charge in [-0.2, -0.15) is 0 Å². The van der Waals surface area contributed by atoms with Crippen molar-refractivity contribution in [2.24, 2.45) is 5.92 Å². The zero-order valence-electron chi connectivity index (χ0n) is 15.3. The third-order valence-corrected chi connectivity index (χ3v) is 5.34. The van der Waals surface area contributed by atoms with E-state index in [0.29, 0.717) is 6.54 Å². The minimum Gasteiger partial charge on any atom is -0.465 e. The Balaban J connectivity index is 1.81. The Morgan fingerprint density at radius 2 is 2.04 bits per heavy atom. The monoisotopic (exact) mass is 434 g/mol. The Bertz CT molecular complexity index is 819. The molecule has 27 heavy (non-hydrogen) atoms. The summed E-state index contributed by atoms with van der Waals surface area (Å²) in [4.78, 5) is 33.6. The molecule has 0 radical (unpaired) electrons. The van der Waals surface area contributed by atoms with Crippen molar-refractivity contribution in [3.8, 4) is 11.3 Å². The van der Waals surface area contributed by atoms with E-state index in [0.717, 1.165) is 34.4 Å². The summed E-state index contributed by atoms with van der Waals surface area (Å²) in [5.41, 5.74) is 1.90. The number of benzene rings is 1. The summed E-state index contributed by atoms with van der Waals surface area (Å²) in [7, 11) is 0. The normalized spacial score (nSPS) is 17.9. The van der Waals surface area contributed by atoms with E-state index >= 15 is 0 Å². The second kappa shape index (κ2) is 8.12. The summed E-state index contributed by atoms with van der Waals surface area (Å²) < 4.78 is 1.00. The average Bonchev–Trinajstić information content (AvgIpc) is 3.28. The number of amides is 2. The lowest BCUT2D eigenvalue weighted by molar-refractivity contribution is -0.135. The first kappa shape index (κ1) is 19.4. The largest absolute Gasteiger partial charge is 0.465 e. The molecule has 3 rings (SSSR count). The highest BCUT2D eigenvalue weighted by atomic mass is 79.9. The van der Waals surface area contributed by atoms with Crippen LogP contribution in [0.4, 0.5) is 4.79 Å². The van der Waals surface area contributed by atoms with E-state index in [1.807, 2.05) is 38.1 Å². The fourth-order valence-corrected chi connectivity index (χ4v) is 3.69. The maximum Gasteiger partial charge on any atom is 0.405 e. The van der Waals surface area contributed by atoms with E-state index in [2.05, 4.69) is 31.2 Å². The van der Waals surface area contributed by atoms with Crippen LogP contribution in [0.1, 0.15) is 38.6 Å². The van der Waals surface area contributed by atoms with Gasteiger partial charge in [0.2, 0.25) is 5.91 Å². The predicted molar refractivity (Wildman–Crippen MR) is 105 cm³/mol. The van der Waals surface area contributed by atoms with Crippen LogP contribution in [0, 0.1) is 5.92 Å². The number of carbonyl (C=O) groups is 2. The molecule has 1 unspecified atom stereocenters. The Morgan fingerprint density at radius 1 is 1.33 bits per heavy atom. The Kier molecular flexibility index (Phi) is 5.84. The number of carbonyl (C=O) groups excluding carboxylic acids is 1. The molecule has 1 aromatic heterocycles. The lowest BCUT2D eigenvalue weighted by Gasteiger charge is -2.29. The van der Waals surface area contributed by atoms with Crippen molar-refractivity contribution in [1.29, 1.82) is 0 Å². The van der Waals surface area contributed by atoms with Crippen LogP contribution >= 0.6 is 15.9 Å². The zero-order chi connectivity index (χ0) is 19.6. The fourth-order valence-electron chi connectivity index (χ4n) is 3.42. The Morgan fingerprint density at radius 3 is 2.67 bits per heavy atom. The van der Waals surface area contributed by atoms with Gasteiger partial charge >= 0.3 is 6.09 Å². The number of hydrogen-bond acceptors (Lipinski definition) is 3. The van der Waals surface area contributed by atoms with Crippen molar-refractivity contribution in [3.63, 3.8) is 0 Å². The molecule has 7 nitrogen and oxygen atoms in total. The first-order valence-corrected chi connectivity index (χ1v) is 9.77. The third-order valence-electron chi connectivity index (χ3n) is 4.81. The molecule has 1 aliphatic rings. The molecule has 0 aliphatic carbocycles. The standard InChI is InChI=1S/C19H23BrN4O3/c1-11(2)16(23-19(26)27)18(25)24-9-3-4-15(24)17-21-10-14(22-17)12-5-7-13(20)8-6-12/h5-8,10-11,15-16,23H,3-4,9H2,1-2H3,(H,21,22)(H,26,27)/t15-,16?/m0/s1. The first-order chi connectivity index (χ1) is 12.9. The summed E-state index contributed by atoms with van der Waals surface area (Å²) in [5.74, 6) is 0.401. The minimum atomic E-state index is -1.19. The SMILES string of the molecule is CC(C)C(NC(=O)O)C(=O)N1CCC[C@H]1c1ncc(-c2ccc(Br)cc2)[nH]1. The van der Waals surface area contributed by atoms with Crippen LogP contribution in [0.3, 0.4) is 0 Å². The predicted octanol–water partition coefficient (Wildman–Crippen LogP) is 3.79. The summed E-state index contributed by atoms with van der Waals surface area (Å²) in [6.45, 7) is 4.27. The van der Waals surface area contributed by atoms with Crippen LogP contribution in [0.2, 0.25) is 0 Å². The molecule has 144 valence electrons. The number of carboxylic acid groups (broad SMARTS) is 1. The van der Waals surface area contributed by atoms with E-state index in [-0.39, 0.29) is 17.9 Å². The molecular formula is C19H23BrN4O3. The van der Waals surface area contributed by atoms with Crippen molar-refractivity contribution in [2.75, 3.05) is 6.54 Å². The molecular weight excluding hydrogens is 412 g/mol. The quantitative estimate of drug-likeness (QED) is 0.666. The highest BCUT2D eigenvalue weighted by molar-refractivity contribution is 9.10. The van der Waals surface area contributed by atoms with Gasteiger partial charge in [0.15, 0.2) is 0 Å². The van der Waals surface area contributed by atoms with Gasteiger partial charge in [0, 0.05) is 11.0 Å². The second-order valence-corrected chi connectivity index (χ2v) is 7.97. The van der Waals surface area contributed by atoms with Crippen molar-refractivity contribution >= 4 is 27.9 Å². The zero-order valence-corrected chi connectivity index (χ0v) is 16.9. The molecule has 2 atom stereocenters. The number of halogens is 1. The lowest BCUT2D eigenvalue weighted by Crippen LogP contribution is -2.50. The third kappa shape index (κ3) is 4.32. The summed E-state index contributed by atoms with van der Waals surface area (Å²) in [6, 6.07) is 6.98. The first-order valence-electron chi connectivity index (χ1n) is 8.97. The molecule has 2 heterocycles. The van der Waals surface area contributed by atoms with Crippen molar-refractivity contribution in [3.05, 3.63) is 40.8 Å². The Hall–Kier alpha value is -2.35. The number of hydrogen-bond donors (Lipinski definition) is 3. The van der Waals surface area contributed by atoms with Crippen LogP contribution in [0.25, 0.3) is 11.3 Å². The lowest BCUT2D eigenvalue weighted by atomic mass is 10.0. The van der Waals surface area contributed by atoms with E-state index in [4.69, 9.17) is 5.11 Å². The van der Waals surface area contributed by atoms with Crippen molar-refractivity contribution in [1.82, 2.24) is 20.2 Å². The molecule has 0 spiro atoms. The summed E-state index contributed by atoms with van der Waals surface area (Å²) >= 11 is 3.43. The van der Waals surface area contributed by atoms with Crippen LogP contribution in [-0.4, -0.2) is 44.6 Å². The topological polar surface area (TPSA) is 98.3 Å². The molecule has 0 bridgehead atoms. The van der Waals surface area contributed by atoms with Crippen LogP contribution < -0.4 is 5.32 Å². The second-order valence-electron chi connectivity index (χ2n) is 7.05. The van der Waals surface area contributed by atoms with Gasteiger partial charge in [-0.25, -0.2) is 9.78 Å². The smallest absolute Gasteiger partial charge is 0.405 e. The van der Waals surface area contributed by atoms with Crippen LogP contribution in [0.15, 0.2) is 34.9 Å². The average molecular weight is 435 g/mol. The number of imidazole rings is 1. The number of aromatic amines is 1. The van der Waals surface area contributed by atoms with Crippen LogP contribution in [-0.2, 0) is 4.79 Å². The van der Waals surface area contributed by atoms with E-state index in [1.54, 1.807) is 11.1 Å². The molecule has 1 aliphatic heterocycles. The highest BCUT2D eigenvalue weighted by Gasteiger charge is 2.37. The number of likely N-dealkylation sites (tertiary alicyclic amines) is 1. The van der Waals surface area contributed by atoms with E-state index < -0.39 is 12.1 Å². The molecule has 2 amide bonds. The van der Waals surface area contributed by atoms with Crippen molar-refractivity contribution < 1.29 is 14.7 Å². The summed E-state index contributed by atoms with van der Waals surface area (Å²) in [5, 5.41) is 11.4. The van der Waals surface area contributed by atoms with Gasteiger partial charge in [-0.3, -0.25) is 4.79 Å². The van der Waals surface area contributed by atoms with E-state index in [1.165, 1.54) is 0 Å². The maximum absolute atomic E-state index is 13.0. The molecule has 1 aromatic carbocycles. The van der Waals surface area contributed by atoms with Crippen molar-refractivity contribution in [2.45, 2.75) is 38.8 Å².